The number of carbonyl (C=O) groups is 1. The van der Waals surface area contributed by atoms with E-state index in [-0.39, 0.29) is 5.91 Å². The van der Waals surface area contributed by atoms with E-state index in [1.807, 2.05) is 19.9 Å². The standard InChI is InChI=1S/C15H25N5O/c1-3-14(21)16-7-8-17-15-18-12(2)11-13(19-15)20-9-5-4-6-10-20/h11H,3-10H2,1-2H3,(H,16,21)(H,17,18,19). The Morgan fingerprint density at radius 1 is 1.24 bits per heavy atom. The van der Waals surface area contributed by atoms with E-state index in [0.29, 0.717) is 25.5 Å². The van der Waals surface area contributed by atoms with Crippen molar-refractivity contribution in [3.05, 3.63) is 11.8 Å². The minimum absolute atomic E-state index is 0.0657. The summed E-state index contributed by atoms with van der Waals surface area (Å²) in [5.74, 6) is 1.71. The molecule has 0 atom stereocenters. The third kappa shape index (κ3) is 4.88. The summed E-state index contributed by atoms with van der Waals surface area (Å²) in [5, 5.41) is 6.01. The third-order valence-electron chi connectivity index (χ3n) is 3.57. The molecule has 1 aromatic rings. The fourth-order valence-electron chi connectivity index (χ4n) is 2.42. The van der Waals surface area contributed by atoms with Gasteiger partial charge in [-0.05, 0) is 26.2 Å². The van der Waals surface area contributed by atoms with E-state index in [1.54, 1.807) is 0 Å². The summed E-state index contributed by atoms with van der Waals surface area (Å²) in [4.78, 5) is 22.5. The smallest absolute Gasteiger partial charge is 0.224 e. The highest BCUT2D eigenvalue weighted by Crippen LogP contribution is 2.19. The first-order chi connectivity index (χ1) is 10.2. The summed E-state index contributed by atoms with van der Waals surface area (Å²) in [6.07, 6.45) is 4.28. The predicted molar refractivity (Wildman–Crippen MR) is 84.6 cm³/mol. The number of nitrogens with zero attached hydrogens (tertiary/aromatic N) is 3. The van der Waals surface area contributed by atoms with Crippen molar-refractivity contribution in [1.82, 2.24) is 15.3 Å². The van der Waals surface area contributed by atoms with E-state index >= 15 is 0 Å². The first kappa shape index (κ1) is 15.5. The maximum atomic E-state index is 11.2. The monoisotopic (exact) mass is 291 g/mol. The second-order valence-corrected chi connectivity index (χ2v) is 5.37. The Kier molecular flexibility index (Phi) is 5.78. The normalized spacial score (nSPS) is 14.9. The molecule has 6 heteroatoms. The molecule has 1 aliphatic heterocycles. The molecule has 6 nitrogen and oxygen atoms in total. The van der Waals surface area contributed by atoms with Crippen LogP contribution in [-0.2, 0) is 4.79 Å². The third-order valence-corrected chi connectivity index (χ3v) is 3.57. The van der Waals surface area contributed by atoms with Crippen molar-refractivity contribution in [2.24, 2.45) is 0 Å². The summed E-state index contributed by atoms with van der Waals surface area (Å²) < 4.78 is 0. The van der Waals surface area contributed by atoms with E-state index in [0.717, 1.165) is 24.6 Å². The molecule has 2 N–H and O–H groups in total. The Balaban J connectivity index is 1.90. The number of aryl methyl sites for hydroxylation is 1. The molecule has 116 valence electrons. The van der Waals surface area contributed by atoms with Crippen LogP contribution in [0.15, 0.2) is 6.07 Å². The molecule has 1 saturated heterocycles. The molecule has 0 unspecified atom stereocenters. The molecular weight excluding hydrogens is 266 g/mol. The van der Waals surface area contributed by atoms with Crippen LogP contribution in [0.3, 0.4) is 0 Å². The lowest BCUT2D eigenvalue weighted by Gasteiger charge is -2.28. The van der Waals surface area contributed by atoms with Gasteiger partial charge in [0.1, 0.15) is 5.82 Å². The van der Waals surface area contributed by atoms with Gasteiger partial charge in [-0.3, -0.25) is 4.79 Å². The average molecular weight is 291 g/mol. The zero-order chi connectivity index (χ0) is 15.1. The maximum absolute atomic E-state index is 11.2. The fraction of sp³-hybridized carbons (Fsp3) is 0.667. The van der Waals surface area contributed by atoms with Gasteiger partial charge in [-0.15, -0.1) is 0 Å². The Bertz CT molecular complexity index is 471. The number of rotatable bonds is 6. The topological polar surface area (TPSA) is 70.2 Å². The number of amides is 1. The summed E-state index contributed by atoms with van der Waals surface area (Å²) in [5.41, 5.74) is 0.964. The van der Waals surface area contributed by atoms with Crippen LogP contribution in [0.1, 0.15) is 38.3 Å². The van der Waals surface area contributed by atoms with Crippen molar-refractivity contribution in [1.29, 1.82) is 0 Å². The number of piperidine rings is 1. The Hall–Kier alpha value is -1.85. The summed E-state index contributed by atoms with van der Waals surface area (Å²) in [7, 11) is 0. The molecule has 1 amide bonds. The molecule has 0 spiro atoms. The zero-order valence-corrected chi connectivity index (χ0v) is 13.0. The molecule has 0 radical (unpaired) electrons. The lowest BCUT2D eigenvalue weighted by molar-refractivity contribution is -0.120. The molecule has 1 fully saturated rings. The second kappa shape index (κ2) is 7.81. The summed E-state index contributed by atoms with van der Waals surface area (Å²) >= 11 is 0. The largest absolute Gasteiger partial charge is 0.356 e. The SMILES string of the molecule is CCC(=O)NCCNc1nc(C)cc(N2CCCCC2)n1. The number of aromatic nitrogens is 2. The molecule has 0 saturated carbocycles. The first-order valence-corrected chi connectivity index (χ1v) is 7.80. The molecule has 1 aromatic heterocycles. The number of hydrogen-bond acceptors (Lipinski definition) is 5. The lowest BCUT2D eigenvalue weighted by atomic mass is 10.1. The molecule has 2 rings (SSSR count). The highest BCUT2D eigenvalue weighted by atomic mass is 16.1. The van der Waals surface area contributed by atoms with Crippen LogP contribution in [-0.4, -0.2) is 42.1 Å². The van der Waals surface area contributed by atoms with E-state index in [1.165, 1.54) is 19.3 Å². The van der Waals surface area contributed by atoms with Gasteiger partial charge in [-0.2, -0.15) is 4.98 Å². The quantitative estimate of drug-likeness (QED) is 0.781. The number of hydrogen-bond donors (Lipinski definition) is 2. The Labute approximate surface area is 126 Å². The first-order valence-electron chi connectivity index (χ1n) is 7.80. The number of nitrogens with one attached hydrogen (secondary N) is 2. The van der Waals surface area contributed by atoms with Gasteiger partial charge in [0.25, 0.3) is 0 Å². The van der Waals surface area contributed by atoms with E-state index in [4.69, 9.17) is 0 Å². The Morgan fingerprint density at radius 2 is 2.00 bits per heavy atom. The maximum Gasteiger partial charge on any atom is 0.224 e. The van der Waals surface area contributed by atoms with Gasteiger partial charge in [0.05, 0.1) is 0 Å². The van der Waals surface area contributed by atoms with Gasteiger partial charge in [-0.25, -0.2) is 4.98 Å². The minimum atomic E-state index is 0.0657. The van der Waals surface area contributed by atoms with E-state index < -0.39 is 0 Å². The van der Waals surface area contributed by atoms with Crippen molar-refractivity contribution in [2.45, 2.75) is 39.5 Å². The van der Waals surface area contributed by atoms with Gasteiger partial charge < -0.3 is 15.5 Å². The van der Waals surface area contributed by atoms with Crippen LogP contribution in [0.2, 0.25) is 0 Å². The molecule has 1 aliphatic rings. The number of anilines is 2. The minimum Gasteiger partial charge on any atom is -0.356 e. The predicted octanol–water partition coefficient (Wildman–Crippen LogP) is 1.71. The van der Waals surface area contributed by atoms with Gasteiger partial charge in [-0.1, -0.05) is 6.92 Å². The van der Waals surface area contributed by atoms with E-state index in [2.05, 4.69) is 25.5 Å². The van der Waals surface area contributed by atoms with Crippen LogP contribution < -0.4 is 15.5 Å². The van der Waals surface area contributed by atoms with Crippen molar-refractivity contribution in [3.63, 3.8) is 0 Å². The molecule has 0 aromatic carbocycles. The van der Waals surface area contributed by atoms with Crippen LogP contribution >= 0.6 is 0 Å². The zero-order valence-electron chi connectivity index (χ0n) is 13.0. The second-order valence-electron chi connectivity index (χ2n) is 5.37. The van der Waals surface area contributed by atoms with Crippen molar-refractivity contribution in [2.75, 3.05) is 36.4 Å². The van der Waals surface area contributed by atoms with Gasteiger partial charge in [0.2, 0.25) is 11.9 Å². The summed E-state index contributed by atoms with van der Waals surface area (Å²) in [6, 6.07) is 2.04. The van der Waals surface area contributed by atoms with Crippen LogP contribution in [0.5, 0.6) is 0 Å². The molecular formula is C15H25N5O. The lowest BCUT2D eigenvalue weighted by Crippen LogP contribution is -2.31. The van der Waals surface area contributed by atoms with Gasteiger partial charge >= 0.3 is 0 Å². The van der Waals surface area contributed by atoms with Crippen LogP contribution in [0.4, 0.5) is 11.8 Å². The van der Waals surface area contributed by atoms with Gasteiger partial charge in [0.15, 0.2) is 0 Å². The molecule has 21 heavy (non-hydrogen) atoms. The highest BCUT2D eigenvalue weighted by Gasteiger charge is 2.13. The van der Waals surface area contributed by atoms with Crippen molar-refractivity contribution < 1.29 is 4.79 Å². The van der Waals surface area contributed by atoms with E-state index in [9.17, 15) is 4.79 Å². The molecule has 0 aliphatic carbocycles. The van der Waals surface area contributed by atoms with Crippen molar-refractivity contribution in [3.8, 4) is 0 Å². The summed E-state index contributed by atoms with van der Waals surface area (Å²) in [6.45, 7) is 7.19. The average Bonchev–Trinajstić information content (AvgIpc) is 2.51. The fourth-order valence-corrected chi connectivity index (χ4v) is 2.42. The number of carbonyl (C=O) groups excluding carboxylic acids is 1. The molecule has 0 bridgehead atoms. The Morgan fingerprint density at radius 3 is 2.71 bits per heavy atom. The van der Waals surface area contributed by atoms with Crippen molar-refractivity contribution >= 4 is 17.7 Å². The van der Waals surface area contributed by atoms with Crippen LogP contribution in [0.25, 0.3) is 0 Å². The van der Waals surface area contributed by atoms with Crippen LogP contribution in [0, 0.1) is 6.92 Å². The molecule has 2 heterocycles. The highest BCUT2D eigenvalue weighted by molar-refractivity contribution is 5.75. The van der Waals surface area contributed by atoms with Gasteiger partial charge in [0, 0.05) is 44.4 Å².